The van der Waals surface area contributed by atoms with Gasteiger partial charge in [0.15, 0.2) is 11.5 Å². The third-order valence-electron chi connectivity index (χ3n) is 2.45. The van der Waals surface area contributed by atoms with Crippen molar-refractivity contribution < 1.29 is 19.7 Å². The Kier molecular flexibility index (Phi) is 6.49. The lowest BCUT2D eigenvalue weighted by molar-refractivity contribution is 0.0942. The first kappa shape index (κ1) is 14.8. The Balaban J connectivity index is 2.58. The molecule has 1 rings (SSSR count). The largest absolute Gasteiger partial charge is 0.493 e. The quantitative estimate of drug-likeness (QED) is 0.632. The Morgan fingerprint density at radius 3 is 2.72 bits per heavy atom. The van der Waals surface area contributed by atoms with Crippen molar-refractivity contribution in [1.29, 1.82) is 0 Å². The molecule has 18 heavy (non-hydrogen) atoms. The lowest BCUT2D eigenvalue weighted by Crippen LogP contribution is -2.28. The monoisotopic (exact) mass is 255 g/mol. The Labute approximate surface area is 107 Å². The highest BCUT2D eigenvalue weighted by molar-refractivity contribution is 5.42. The zero-order valence-electron chi connectivity index (χ0n) is 10.8. The first-order valence-electron chi connectivity index (χ1n) is 6.00. The molecule has 5 heteroatoms. The minimum absolute atomic E-state index is 0.236. The maximum Gasteiger partial charge on any atom is 0.161 e. The third-order valence-corrected chi connectivity index (χ3v) is 2.45. The number of aliphatic hydroxyl groups excluding tert-OH is 2. The summed E-state index contributed by atoms with van der Waals surface area (Å²) in [4.78, 5) is 0. The van der Waals surface area contributed by atoms with E-state index in [1.54, 1.807) is 7.11 Å². The van der Waals surface area contributed by atoms with Crippen LogP contribution in [0, 0.1) is 0 Å². The van der Waals surface area contributed by atoms with E-state index in [-0.39, 0.29) is 6.61 Å². The zero-order valence-corrected chi connectivity index (χ0v) is 10.8. The highest BCUT2D eigenvalue weighted by Gasteiger charge is 2.06. The van der Waals surface area contributed by atoms with E-state index in [0.717, 1.165) is 5.56 Å². The van der Waals surface area contributed by atoms with Crippen LogP contribution in [0.3, 0.4) is 0 Å². The van der Waals surface area contributed by atoms with Gasteiger partial charge in [0, 0.05) is 13.1 Å². The number of rotatable bonds is 8. The van der Waals surface area contributed by atoms with Crippen molar-refractivity contribution in [3.05, 3.63) is 23.8 Å². The molecular formula is C13H21NO4. The minimum atomic E-state index is -0.727. The molecule has 0 aliphatic heterocycles. The fourth-order valence-corrected chi connectivity index (χ4v) is 1.55. The molecule has 0 aliphatic carbocycles. The van der Waals surface area contributed by atoms with Crippen LogP contribution in [-0.4, -0.2) is 43.2 Å². The first-order chi connectivity index (χ1) is 8.71. The van der Waals surface area contributed by atoms with Gasteiger partial charge in [0.1, 0.15) is 0 Å². The van der Waals surface area contributed by atoms with Gasteiger partial charge in [-0.15, -0.1) is 0 Å². The van der Waals surface area contributed by atoms with Crippen LogP contribution in [-0.2, 0) is 6.54 Å². The second-order valence-electron chi connectivity index (χ2n) is 3.89. The van der Waals surface area contributed by atoms with Gasteiger partial charge in [-0.25, -0.2) is 0 Å². The highest BCUT2D eigenvalue weighted by Crippen LogP contribution is 2.27. The van der Waals surface area contributed by atoms with Crippen LogP contribution in [0.5, 0.6) is 11.5 Å². The smallest absolute Gasteiger partial charge is 0.161 e. The van der Waals surface area contributed by atoms with E-state index >= 15 is 0 Å². The van der Waals surface area contributed by atoms with Gasteiger partial charge in [0.2, 0.25) is 0 Å². The molecule has 0 saturated carbocycles. The molecule has 0 radical (unpaired) electrons. The SMILES string of the molecule is CCOc1cc(CNCC(O)CO)ccc1OC. The van der Waals surface area contributed by atoms with Crippen LogP contribution in [0.15, 0.2) is 18.2 Å². The van der Waals surface area contributed by atoms with Crippen molar-refractivity contribution in [3.63, 3.8) is 0 Å². The number of ether oxygens (including phenoxy) is 2. The predicted octanol–water partition coefficient (Wildman–Crippen LogP) is 0.537. The number of nitrogens with one attached hydrogen (secondary N) is 1. The summed E-state index contributed by atoms with van der Waals surface area (Å²) < 4.78 is 10.7. The summed E-state index contributed by atoms with van der Waals surface area (Å²) in [6, 6.07) is 5.69. The number of aliphatic hydroxyl groups is 2. The van der Waals surface area contributed by atoms with E-state index in [0.29, 0.717) is 31.2 Å². The molecule has 0 aliphatic rings. The van der Waals surface area contributed by atoms with E-state index in [1.807, 2.05) is 25.1 Å². The van der Waals surface area contributed by atoms with Gasteiger partial charge < -0.3 is 25.0 Å². The Hall–Kier alpha value is -1.30. The Morgan fingerprint density at radius 2 is 2.11 bits per heavy atom. The Morgan fingerprint density at radius 1 is 1.33 bits per heavy atom. The third kappa shape index (κ3) is 4.52. The van der Waals surface area contributed by atoms with Crippen molar-refractivity contribution in [2.75, 3.05) is 26.9 Å². The van der Waals surface area contributed by atoms with Crippen LogP contribution >= 0.6 is 0 Å². The van der Waals surface area contributed by atoms with Gasteiger partial charge in [0.25, 0.3) is 0 Å². The van der Waals surface area contributed by atoms with Gasteiger partial charge in [-0.1, -0.05) is 6.07 Å². The van der Waals surface area contributed by atoms with Gasteiger partial charge in [-0.2, -0.15) is 0 Å². The molecule has 1 aromatic carbocycles. The Bertz CT molecular complexity index is 357. The molecule has 0 saturated heterocycles. The molecule has 1 aromatic rings. The van der Waals surface area contributed by atoms with Crippen molar-refractivity contribution in [1.82, 2.24) is 5.32 Å². The van der Waals surface area contributed by atoms with E-state index in [9.17, 15) is 5.11 Å². The summed E-state index contributed by atoms with van der Waals surface area (Å²) in [7, 11) is 1.60. The average Bonchev–Trinajstić information content (AvgIpc) is 2.39. The molecule has 1 atom stereocenters. The summed E-state index contributed by atoms with van der Waals surface area (Å²) in [5, 5.41) is 20.9. The molecule has 0 bridgehead atoms. The van der Waals surface area contributed by atoms with E-state index in [2.05, 4.69) is 5.32 Å². The summed E-state index contributed by atoms with van der Waals surface area (Å²) in [5.41, 5.74) is 1.03. The van der Waals surface area contributed by atoms with E-state index in [4.69, 9.17) is 14.6 Å². The predicted molar refractivity (Wildman–Crippen MR) is 69.0 cm³/mol. The minimum Gasteiger partial charge on any atom is -0.493 e. The molecule has 0 amide bonds. The van der Waals surface area contributed by atoms with Gasteiger partial charge >= 0.3 is 0 Å². The molecule has 1 unspecified atom stereocenters. The number of hydrogen-bond acceptors (Lipinski definition) is 5. The van der Waals surface area contributed by atoms with Crippen LogP contribution in [0.1, 0.15) is 12.5 Å². The zero-order chi connectivity index (χ0) is 13.4. The molecular weight excluding hydrogens is 234 g/mol. The maximum atomic E-state index is 9.20. The van der Waals surface area contributed by atoms with Gasteiger partial charge in [0.05, 0.1) is 26.4 Å². The number of hydrogen-bond donors (Lipinski definition) is 3. The first-order valence-corrected chi connectivity index (χ1v) is 6.00. The van der Waals surface area contributed by atoms with E-state index in [1.165, 1.54) is 0 Å². The fraction of sp³-hybridized carbons (Fsp3) is 0.538. The fourth-order valence-electron chi connectivity index (χ4n) is 1.55. The van der Waals surface area contributed by atoms with Crippen LogP contribution in [0.4, 0.5) is 0 Å². The van der Waals surface area contributed by atoms with Crippen molar-refractivity contribution in [3.8, 4) is 11.5 Å². The molecule has 3 N–H and O–H groups in total. The molecule has 0 heterocycles. The van der Waals surface area contributed by atoms with E-state index < -0.39 is 6.10 Å². The second-order valence-corrected chi connectivity index (χ2v) is 3.89. The van der Waals surface area contributed by atoms with Crippen LogP contribution < -0.4 is 14.8 Å². The topological polar surface area (TPSA) is 71.0 Å². The normalized spacial score (nSPS) is 12.2. The van der Waals surface area contributed by atoms with Crippen molar-refractivity contribution >= 4 is 0 Å². The van der Waals surface area contributed by atoms with Crippen molar-refractivity contribution in [2.24, 2.45) is 0 Å². The summed E-state index contributed by atoms with van der Waals surface area (Å²) in [5.74, 6) is 1.41. The molecule has 5 nitrogen and oxygen atoms in total. The lowest BCUT2D eigenvalue weighted by Gasteiger charge is -2.12. The number of benzene rings is 1. The second kappa shape index (κ2) is 7.92. The standard InChI is InChI=1S/C13H21NO4/c1-3-18-13-6-10(4-5-12(13)17-2)7-14-8-11(16)9-15/h4-6,11,14-16H,3,7-9H2,1-2H3. The average molecular weight is 255 g/mol. The molecule has 0 spiro atoms. The summed E-state index contributed by atoms with van der Waals surface area (Å²) >= 11 is 0. The van der Waals surface area contributed by atoms with Crippen LogP contribution in [0.2, 0.25) is 0 Å². The van der Waals surface area contributed by atoms with Gasteiger partial charge in [-0.3, -0.25) is 0 Å². The van der Waals surface area contributed by atoms with Crippen molar-refractivity contribution in [2.45, 2.75) is 19.6 Å². The summed E-state index contributed by atoms with van der Waals surface area (Å²) in [6.45, 7) is 3.21. The summed E-state index contributed by atoms with van der Waals surface area (Å²) in [6.07, 6.45) is -0.727. The molecule has 102 valence electrons. The molecule has 0 fully saturated rings. The molecule has 0 aromatic heterocycles. The lowest BCUT2D eigenvalue weighted by atomic mass is 10.2. The maximum absolute atomic E-state index is 9.20. The van der Waals surface area contributed by atoms with Gasteiger partial charge in [-0.05, 0) is 24.6 Å². The highest BCUT2D eigenvalue weighted by atomic mass is 16.5. The number of methoxy groups -OCH3 is 1. The van der Waals surface area contributed by atoms with Crippen LogP contribution in [0.25, 0.3) is 0 Å².